The van der Waals surface area contributed by atoms with Gasteiger partial charge < -0.3 is 11.2 Å². The maximum atomic E-state index is 12.0. The summed E-state index contributed by atoms with van der Waals surface area (Å²) < 4.78 is 0.890. The molecular weight excluding hydrogens is 322 g/mol. The number of amides is 1. The van der Waals surface area contributed by atoms with E-state index in [1.807, 2.05) is 13.0 Å². The van der Waals surface area contributed by atoms with Crippen molar-refractivity contribution < 1.29 is 4.79 Å². The van der Waals surface area contributed by atoms with Crippen LogP contribution in [0.4, 0.5) is 0 Å². The third-order valence-corrected chi connectivity index (χ3v) is 4.73. The Kier molecular flexibility index (Phi) is 2.97. The molecule has 3 aliphatic rings. The highest BCUT2D eigenvalue weighted by molar-refractivity contribution is 9.18. The van der Waals surface area contributed by atoms with Crippen molar-refractivity contribution in [3.63, 3.8) is 0 Å². The Hall–Kier alpha value is -1.63. The van der Waals surface area contributed by atoms with Gasteiger partial charge in [-0.25, -0.2) is 4.99 Å². The first-order chi connectivity index (χ1) is 9.40. The second-order valence-corrected chi connectivity index (χ2v) is 6.28. The molecule has 0 radical (unpaired) electrons. The average Bonchev–Trinajstić information content (AvgIpc) is 2.77. The van der Waals surface area contributed by atoms with Gasteiger partial charge in [-0.1, -0.05) is 18.2 Å². The molecule has 0 aromatic heterocycles. The molecule has 2 heterocycles. The molecule has 6 nitrogen and oxygen atoms in total. The van der Waals surface area contributed by atoms with Crippen LogP contribution in [0.3, 0.4) is 0 Å². The zero-order valence-electron chi connectivity index (χ0n) is 11.3. The van der Waals surface area contributed by atoms with E-state index in [1.165, 1.54) is 4.90 Å². The molecule has 1 aliphatic carbocycles. The fourth-order valence-electron chi connectivity index (χ4n) is 2.67. The minimum Gasteiger partial charge on any atom is -0.369 e. The highest BCUT2D eigenvalue weighted by Crippen LogP contribution is 2.35. The molecule has 0 spiro atoms. The van der Waals surface area contributed by atoms with E-state index in [4.69, 9.17) is 5.73 Å². The second kappa shape index (κ2) is 4.44. The lowest BCUT2D eigenvalue weighted by Crippen LogP contribution is -2.49. The molecular formula is C13H16BrN5O. The molecule has 3 atom stereocenters. The number of rotatable bonds is 1. The molecule has 0 saturated heterocycles. The minimum absolute atomic E-state index is 0.0202. The lowest BCUT2D eigenvalue weighted by atomic mass is 9.81. The number of hydrazone groups is 1. The van der Waals surface area contributed by atoms with Crippen LogP contribution in [0.2, 0.25) is 0 Å². The van der Waals surface area contributed by atoms with Crippen molar-refractivity contribution >= 4 is 32.4 Å². The molecule has 0 bridgehead atoms. The second-order valence-electron chi connectivity index (χ2n) is 5.47. The van der Waals surface area contributed by atoms with E-state index in [0.29, 0.717) is 6.42 Å². The van der Waals surface area contributed by atoms with E-state index >= 15 is 0 Å². The predicted octanol–water partition coefficient (Wildman–Crippen LogP) is 0.715. The summed E-state index contributed by atoms with van der Waals surface area (Å²) in [4.78, 5) is 17.9. The summed E-state index contributed by atoms with van der Waals surface area (Å²) in [6.45, 7) is 1.94. The highest BCUT2D eigenvalue weighted by Gasteiger charge is 2.39. The van der Waals surface area contributed by atoms with Gasteiger partial charge >= 0.3 is 0 Å². The summed E-state index contributed by atoms with van der Waals surface area (Å²) in [5.74, 6) is 0.455. The van der Waals surface area contributed by atoms with Crippen molar-refractivity contribution in [2.75, 3.05) is 7.05 Å². The first kappa shape index (κ1) is 13.4. The van der Waals surface area contributed by atoms with E-state index in [-0.39, 0.29) is 23.8 Å². The summed E-state index contributed by atoms with van der Waals surface area (Å²) in [5, 5.41) is 4.18. The minimum atomic E-state index is -0.605. The molecule has 2 aliphatic heterocycles. The number of nitrogens with one attached hydrogen (secondary N) is 1. The third-order valence-electron chi connectivity index (χ3n) is 4.02. The van der Waals surface area contributed by atoms with Crippen LogP contribution in [-0.4, -0.2) is 40.0 Å². The SMILES string of the molecule is CN1C(=O)C[C@@](C)(C2=CC3NN=C(Br)C3C=C2)N=C1N. The number of aliphatic imine (C=N–C) groups is 1. The van der Waals surface area contributed by atoms with Crippen LogP contribution in [0.15, 0.2) is 33.9 Å². The van der Waals surface area contributed by atoms with E-state index < -0.39 is 5.54 Å². The Labute approximate surface area is 125 Å². The zero-order chi connectivity index (χ0) is 14.5. The van der Waals surface area contributed by atoms with Gasteiger partial charge in [-0.3, -0.25) is 9.69 Å². The van der Waals surface area contributed by atoms with E-state index in [2.05, 4.69) is 43.6 Å². The van der Waals surface area contributed by atoms with Crippen LogP contribution in [-0.2, 0) is 4.79 Å². The summed E-state index contributed by atoms with van der Waals surface area (Å²) in [5.41, 5.74) is 9.29. The average molecular weight is 338 g/mol. The molecule has 0 saturated carbocycles. The van der Waals surface area contributed by atoms with Crippen molar-refractivity contribution in [3.8, 4) is 0 Å². The number of nitrogens with zero attached hydrogens (tertiary/aromatic N) is 3. The smallest absolute Gasteiger partial charge is 0.231 e. The largest absolute Gasteiger partial charge is 0.369 e. The van der Waals surface area contributed by atoms with Crippen LogP contribution >= 0.6 is 15.9 Å². The monoisotopic (exact) mass is 337 g/mol. The molecule has 0 fully saturated rings. The normalized spacial score (nSPS) is 36.0. The van der Waals surface area contributed by atoms with Crippen molar-refractivity contribution in [3.05, 3.63) is 23.8 Å². The fourth-order valence-corrected chi connectivity index (χ4v) is 3.21. The Balaban J connectivity index is 1.93. The fraction of sp³-hybridized carbons (Fsp3) is 0.462. The lowest BCUT2D eigenvalue weighted by Gasteiger charge is -2.36. The molecule has 20 heavy (non-hydrogen) atoms. The van der Waals surface area contributed by atoms with Crippen molar-refractivity contribution in [2.45, 2.75) is 24.9 Å². The maximum absolute atomic E-state index is 12.0. The van der Waals surface area contributed by atoms with Crippen molar-refractivity contribution in [1.29, 1.82) is 0 Å². The summed E-state index contributed by atoms with van der Waals surface area (Å²) in [6, 6.07) is 0.104. The highest BCUT2D eigenvalue weighted by atomic mass is 79.9. The summed E-state index contributed by atoms with van der Waals surface area (Å²) in [7, 11) is 1.64. The van der Waals surface area contributed by atoms with E-state index in [1.54, 1.807) is 7.05 Å². The maximum Gasteiger partial charge on any atom is 0.231 e. The van der Waals surface area contributed by atoms with Gasteiger partial charge in [-0.2, -0.15) is 5.10 Å². The van der Waals surface area contributed by atoms with Gasteiger partial charge in [-0.05, 0) is 28.4 Å². The zero-order valence-corrected chi connectivity index (χ0v) is 12.9. The van der Waals surface area contributed by atoms with E-state index in [0.717, 1.165) is 10.2 Å². The van der Waals surface area contributed by atoms with Crippen LogP contribution in [0.25, 0.3) is 0 Å². The van der Waals surface area contributed by atoms with Crippen LogP contribution in [0.5, 0.6) is 0 Å². The first-order valence-electron chi connectivity index (χ1n) is 6.42. The first-order valence-corrected chi connectivity index (χ1v) is 7.21. The van der Waals surface area contributed by atoms with Gasteiger partial charge in [-0.15, -0.1) is 0 Å². The van der Waals surface area contributed by atoms with Gasteiger partial charge in [0.05, 0.1) is 23.9 Å². The quantitative estimate of drug-likeness (QED) is 0.739. The molecule has 3 rings (SSSR count). The van der Waals surface area contributed by atoms with Crippen molar-refractivity contribution in [2.24, 2.45) is 21.7 Å². The van der Waals surface area contributed by atoms with Crippen molar-refractivity contribution in [1.82, 2.24) is 10.3 Å². The molecule has 1 amide bonds. The molecule has 7 heteroatoms. The Morgan fingerprint density at radius 3 is 3.05 bits per heavy atom. The summed E-state index contributed by atoms with van der Waals surface area (Å²) >= 11 is 3.44. The molecule has 3 N–H and O–H groups in total. The lowest BCUT2D eigenvalue weighted by molar-refractivity contribution is -0.128. The van der Waals surface area contributed by atoms with Gasteiger partial charge in [0, 0.05) is 7.05 Å². The number of hydrogen-bond donors (Lipinski definition) is 2. The van der Waals surface area contributed by atoms with Gasteiger partial charge in [0.2, 0.25) is 5.91 Å². The Bertz CT molecular complexity index is 594. The number of hydrogen-bond acceptors (Lipinski definition) is 5. The number of fused-ring (bicyclic) bond motifs is 1. The number of guanidine groups is 1. The summed E-state index contributed by atoms with van der Waals surface area (Å²) in [6.07, 6.45) is 6.49. The Morgan fingerprint density at radius 1 is 1.60 bits per heavy atom. The molecule has 2 unspecified atom stereocenters. The number of halogens is 1. The standard InChI is InChI=1S/C13H16BrN5O/c1-13(6-10(20)19(2)12(15)16-13)7-3-4-8-9(5-7)17-18-11(8)14/h3-5,8-9,17H,6H2,1-2H3,(H2,15,16)/t8?,9?,13-/m0/s1. The Morgan fingerprint density at radius 2 is 2.35 bits per heavy atom. The number of nitrogens with two attached hydrogens (primary N) is 1. The van der Waals surface area contributed by atoms with Crippen LogP contribution in [0.1, 0.15) is 13.3 Å². The molecule has 106 valence electrons. The van der Waals surface area contributed by atoms with Crippen LogP contribution < -0.4 is 11.2 Å². The number of carbonyl (C=O) groups is 1. The number of carbonyl (C=O) groups excluding carboxylic acids is 1. The van der Waals surface area contributed by atoms with Crippen LogP contribution in [0, 0.1) is 5.92 Å². The topological polar surface area (TPSA) is 83.1 Å². The van der Waals surface area contributed by atoms with E-state index in [9.17, 15) is 4.79 Å². The van der Waals surface area contributed by atoms with Gasteiger partial charge in [0.1, 0.15) is 4.62 Å². The predicted molar refractivity (Wildman–Crippen MR) is 81.4 cm³/mol. The molecule has 0 aromatic carbocycles. The van der Waals surface area contributed by atoms with Gasteiger partial charge in [0.25, 0.3) is 0 Å². The van der Waals surface area contributed by atoms with Gasteiger partial charge in [0.15, 0.2) is 5.96 Å². The molecule has 0 aromatic rings. The third kappa shape index (κ3) is 1.96.